The summed E-state index contributed by atoms with van der Waals surface area (Å²) in [5.41, 5.74) is 6.73. The first kappa shape index (κ1) is 17.0. The maximum absolute atomic E-state index is 10.4. The van der Waals surface area contributed by atoms with Gasteiger partial charge in [-0.2, -0.15) is 0 Å². The molecule has 0 bridgehead atoms. The molecule has 3 N–H and O–H groups in total. The molecule has 1 rings (SSSR count). The molecule has 0 amide bonds. The summed E-state index contributed by atoms with van der Waals surface area (Å²) >= 11 is 0. The Morgan fingerprint density at radius 2 is 1.70 bits per heavy atom. The number of rotatable bonds is 6. The third-order valence-electron chi connectivity index (χ3n) is 3.41. The quantitative estimate of drug-likeness (QED) is 0.841. The lowest BCUT2D eigenvalue weighted by atomic mass is 9.78. The second-order valence-electron chi connectivity index (χ2n) is 6.93. The zero-order valence-corrected chi connectivity index (χ0v) is 13.4. The minimum absolute atomic E-state index is 0.0471. The van der Waals surface area contributed by atoms with Crippen LogP contribution in [0.3, 0.4) is 0 Å². The highest BCUT2D eigenvalue weighted by molar-refractivity contribution is 5.30. The first-order valence-corrected chi connectivity index (χ1v) is 7.36. The fourth-order valence-electron chi connectivity index (χ4n) is 2.12. The number of benzene rings is 1. The van der Waals surface area contributed by atoms with Crippen LogP contribution in [0.15, 0.2) is 24.3 Å². The summed E-state index contributed by atoms with van der Waals surface area (Å²) in [6.07, 6.45) is -0.463. The van der Waals surface area contributed by atoms with Crippen molar-refractivity contribution in [1.29, 1.82) is 0 Å². The van der Waals surface area contributed by atoms with Gasteiger partial charge in [-0.15, -0.1) is 0 Å². The van der Waals surface area contributed by atoms with Crippen LogP contribution in [0.1, 0.15) is 46.1 Å². The Kier molecular flexibility index (Phi) is 6.03. The van der Waals surface area contributed by atoms with Gasteiger partial charge < -0.3 is 15.6 Å². The third kappa shape index (κ3) is 4.80. The zero-order chi connectivity index (χ0) is 15.3. The van der Waals surface area contributed by atoms with Gasteiger partial charge in [0, 0.05) is 12.5 Å². The minimum atomic E-state index is -0.463. The van der Waals surface area contributed by atoms with Crippen molar-refractivity contribution in [2.45, 2.75) is 46.6 Å². The molecule has 0 aromatic heterocycles. The number of aliphatic hydroxyl groups is 1. The number of hydrogen-bond acceptors (Lipinski definition) is 3. The van der Waals surface area contributed by atoms with E-state index in [-0.39, 0.29) is 11.3 Å². The van der Waals surface area contributed by atoms with Crippen LogP contribution in [0.5, 0.6) is 5.75 Å². The Morgan fingerprint density at radius 3 is 2.10 bits per heavy atom. The first-order chi connectivity index (χ1) is 9.25. The Morgan fingerprint density at radius 1 is 1.15 bits per heavy atom. The molecular weight excluding hydrogens is 250 g/mol. The molecule has 0 saturated carbocycles. The average Bonchev–Trinajstić information content (AvgIpc) is 2.37. The van der Waals surface area contributed by atoms with Crippen LogP contribution in [0, 0.1) is 11.3 Å². The highest BCUT2D eigenvalue weighted by Gasteiger charge is 2.30. The molecule has 0 spiro atoms. The number of aliphatic hydroxyl groups excluding tert-OH is 1. The summed E-state index contributed by atoms with van der Waals surface area (Å²) in [6.45, 7) is 11.5. The molecular formula is C17H29NO2. The SMILES string of the molecule is CC(C)COc1ccc(C(CN)C(O)C(C)(C)C)cc1. The van der Waals surface area contributed by atoms with E-state index in [0.29, 0.717) is 19.1 Å². The van der Waals surface area contributed by atoms with Crippen LogP contribution in [0.4, 0.5) is 0 Å². The largest absolute Gasteiger partial charge is 0.493 e. The topological polar surface area (TPSA) is 55.5 Å². The molecule has 0 aliphatic carbocycles. The van der Waals surface area contributed by atoms with E-state index >= 15 is 0 Å². The van der Waals surface area contributed by atoms with Crippen LogP contribution in [0.25, 0.3) is 0 Å². The molecule has 2 atom stereocenters. The lowest BCUT2D eigenvalue weighted by Crippen LogP contribution is -2.36. The maximum Gasteiger partial charge on any atom is 0.119 e. The van der Waals surface area contributed by atoms with E-state index < -0.39 is 6.10 Å². The fraction of sp³-hybridized carbons (Fsp3) is 0.647. The third-order valence-corrected chi connectivity index (χ3v) is 3.41. The van der Waals surface area contributed by atoms with Crippen LogP contribution in [-0.4, -0.2) is 24.4 Å². The molecule has 3 nitrogen and oxygen atoms in total. The van der Waals surface area contributed by atoms with Gasteiger partial charge in [-0.05, 0) is 29.0 Å². The Bertz CT molecular complexity index is 392. The predicted molar refractivity (Wildman–Crippen MR) is 84.0 cm³/mol. The van der Waals surface area contributed by atoms with Crippen molar-refractivity contribution in [3.63, 3.8) is 0 Å². The molecule has 1 aromatic rings. The first-order valence-electron chi connectivity index (χ1n) is 7.36. The van der Waals surface area contributed by atoms with Gasteiger partial charge in [-0.25, -0.2) is 0 Å². The van der Waals surface area contributed by atoms with Gasteiger partial charge in [0.1, 0.15) is 5.75 Å². The van der Waals surface area contributed by atoms with Gasteiger partial charge in [0.05, 0.1) is 12.7 Å². The number of nitrogens with two attached hydrogens (primary N) is 1. The molecule has 2 unspecified atom stereocenters. The van der Waals surface area contributed by atoms with Gasteiger partial charge in [0.2, 0.25) is 0 Å². The van der Waals surface area contributed by atoms with E-state index in [1.165, 1.54) is 0 Å². The smallest absolute Gasteiger partial charge is 0.119 e. The van der Waals surface area contributed by atoms with Crippen molar-refractivity contribution in [2.75, 3.05) is 13.2 Å². The number of hydrogen-bond donors (Lipinski definition) is 2. The van der Waals surface area contributed by atoms with Gasteiger partial charge in [0.25, 0.3) is 0 Å². The standard InChI is InChI=1S/C17H29NO2/c1-12(2)11-20-14-8-6-13(7-9-14)15(10-18)16(19)17(3,4)5/h6-9,12,15-16,19H,10-11,18H2,1-5H3. The molecule has 114 valence electrons. The molecule has 0 saturated heterocycles. The van der Waals surface area contributed by atoms with Crippen molar-refractivity contribution < 1.29 is 9.84 Å². The van der Waals surface area contributed by atoms with E-state index in [2.05, 4.69) is 13.8 Å². The highest BCUT2D eigenvalue weighted by atomic mass is 16.5. The molecule has 0 aliphatic heterocycles. The van der Waals surface area contributed by atoms with Crippen molar-refractivity contribution in [3.05, 3.63) is 29.8 Å². The van der Waals surface area contributed by atoms with Crippen LogP contribution in [0.2, 0.25) is 0 Å². The van der Waals surface area contributed by atoms with Crippen molar-refractivity contribution in [2.24, 2.45) is 17.1 Å². The Balaban J connectivity index is 2.80. The van der Waals surface area contributed by atoms with E-state index in [4.69, 9.17) is 10.5 Å². The molecule has 3 heteroatoms. The van der Waals surface area contributed by atoms with Gasteiger partial charge in [0.15, 0.2) is 0 Å². The lowest BCUT2D eigenvalue weighted by Gasteiger charge is -2.32. The van der Waals surface area contributed by atoms with E-state index in [0.717, 1.165) is 11.3 Å². The molecule has 0 heterocycles. The number of ether oxygens (including phenoxy) is 1. The Labute approximate surface area is 123 Å². The fourth-order valence-corrected chi connectivity index (χ4v) is 2.12. The summed E-state index contributed by atoms with van der Waals surface area (Å²) in [4.78, 5) is 0. The normalized spacial score (nSPS) is 15.2. The summed E-state index contributed by atoms with van der Waals surface area (Å²) < 4.78 is 5.67. The summed E-state index contributed by atoms with van der Waals surface area (Å²) in [7, 11) is 0. The van der Waals surface area contributed by atoms with E-state index in [9.17, 15) is 5.11 Å². The van der Waals surface area contributed by atoms with Crippen molar-refractivity contribution in [1.82, 2.24) is 0 Å². The molecule has 0 fully saturated rings. The monoisotopic (exact) mass is 279 g/mol. The second kappa shape index (κ2) is 7.09. The van der Waals surface area contributed by atoms with Gasteiger partial charge >= 0.3 is 0 Å². The van der Waals surface area contributed by atoms with Crippen LogP contribution in [-0.2, 0) is 0 Å². The predicted octanol–water partition coefficient (Wildman–Crippen LogP) is 3.17. The lowest BCUT2D eigenvalue weighted by molar-refractivity contribution is 0.0407. The maximum atomic E-state index is 10.4. The van der Waals surface area contributed by atoms with Gasteiger partial charge in [-0.3, -0.25) is 0 Å². The summed E-state index contributed by atoms with van der Waals surface area (Å²) in [5, 5.41) is 10.4. The molecule has 20 heavy (non-hydrogen) atoms. The van der Waals surface area contributed by atoms with Crippen molar-refractivity contribution >= 4 is 0 Å². The molecule has 0 radical (unpaired) electrons. The molecule has 1 aromatic carbocycles. The minimum Gasteiger partial charge on any atom is -0.493 e. The van der Waals surface area contributed by atoms with Gasteiger partial charge in [-0.1, -0.05) is 46.8 Å². The highest BCUT2D eigenvalue weighted by Crippen LogP contribution is 2.31. The van der Waals surface area contributed by atoms with Crippen LogP contribution >= 0.6 is 0 Å². The second-order valence-corrected chi connectivity index (χ2v) is 6.93. The Hall–Kier alpha value is -1.06. The van der Waals surface area contributed by atoms with Crippen LogP contribution < -0.4 is 10.5 Å². The van der Waals surface area contributed by atoms with Crippen molar-refractivity contribution in [3.8, 4) is 5.75 Å². The summed E-state index contributed by atoms with van der Waals surface area (Å²) in [5.74, 6) is 1.33. The zero-order valence-electron chi connectivity index (χ0n) is 13.4. The van der Waals surface area contributed by atoms with E-state index in [1.54, 1.807) is 0 Å². The average molecular weight is 279 g/mol. The van der Waals surface area contributed by atoms with E-state index in [1.807, 2.05) is 45.0 Å². The summed E-state index contributed by atoms with van der Waals surface area (Å²) in [6, 6.07) is 7.91. The molecule has 0 aliphatic rings.